The number of nitrogens with one attached hydrogen (secondary N) is 2. The topological polar surface area (TPSA) is 97.7 Å². The molecule has 0 atom stereocenters. The summed E-state index contributed by atoms with van der Waals surface area (Å²) < 4.78 is 12.6. The van der Waals surface area contributed by atoms with Crippen molar-refractivity contribution in [1.82, 2.24) is 14.7 Å². The average molecular weight is 542 g/mol. The quantitative estimate of drug-likeness (QED) is 0.252. The molecule has 9 nitrogen and oxygen atoms in total. The molecule has 1 aromatic heterocycles. The van der Waals surface area contributed by atoms with E-state index in [1.165, 1.54) is 4.90 Å². The third kappa shape index (κ3) is 6.43. The molecule has 4 aromatic rings. The van der Waals surface area contributed by atoms with Crippen LogP contribution >= 0.6 is 0 Å². The number of methoxy groups -OCH3 is 1. The molecule has 0 unspecified atom stereocenters. The van der Waals surface area contributed by atoms with Crippen molar-refractivity contribution in [2.24, 2.45) is 0 Å². The molecular formula is C31H35N5O4. The second kappa shape index (κ2) is 12.8. The fourth-order valence-corrected chi connectivity index (χ4v) is 4.36. The van der Waals surface area contributed by atoms with Gasteiger partial charge < -0.3 is 25.0 Å². The van der Waals surface area contributed by atoms with E-state index in [1.807, 2.05) is 94.4 Å². The number of aromatic nitrogens is 2. The van der Waals surface area contributed by atoms with Gasteiger partial charge in [0.25, 0.3) is 0 Å². The van der Waals surface area contributed by atoms with Gasteiger partial charge in [0.05, 0.1) is 30.8 Å². The van der Waals surface area contributed by atoms with E-state index in [1.54, 1.807) is 23.9 Å². The lowest BCUT2D eigenvalue weighted by atomic mass is 10.1. The SMILES string of the molecule is CCOc1ccccc1NC(=O)N(CC(=O)Nc1c(-c2ccccc2)c(C)nn1-c1ccc(OC)cc1)C(C)C. The number of carbonyl (C=O) groups is 2. The van der Waals surface area contributed by atoms with Crippen LogP contribution in [0.3, 0.4) is 0 Å². The number of carbonyl (C=O) groups excluding carboxylic acids is 2. The third-order valence-corrected chi connectivity index (χ3v) is 6.32. The first kappa shape index (κ1) is 28.2. The van der Waals surface area contributed by atoms with Crippen molar-refractivity contribution in [3.05, 3.63) is 84.6 Å². The lowest BCUT2D eigenvalue weighted by molar-refractivity contribution is -0.117. The van der Waals surface area contributed by atoms with E-state index in [9.17, 15) is 9.59 Å². The molecule has 1 heterocycles. The van der Waals surface area contributed by atoms with Gasteiger partial charge in [-0.1, -0.05) is 42.5 Å². The minimum Gasteiger partial charge on any atom is -0.497 e. The largest absolute Gasteiger partial charge is 0.497 e. The van der Waals surface area contributed by atoms with Gasteiger partial charge in [-0.05, 0) is 69.7 Å². The van der Waals surface area contributed by atoms with Gasteiger partial charge in [0.1, 0.15) is 23.9 Å². The molecule has 0 aliphatic carbocycles. The normalized spacial score (nSPS) is 10.8. The average Bonchev–Trinajstić information content (AvgIpc) is 3.28. The molecular weight excluding hydrogens is 506 g/mol. The number of anilines is 2. The van der Waals surface area contributed by atoms with Crippen molar-refractivity contribution in [1.29, 1.82) is 0 Å². The number of urea groups is 1. The third-order valence-electron chi connectivity index (χ3n) is 6.32. The molecule has 3 aromatic carbocycles. The Balaban J connectivity index is 1.63. The van der Waals surface area contributed by atoms with Gasteiger partial charge in [0, 0.05) is 11.6 Å². The highest BCUT2D eigenvalue weighted by molar-refractivity contribution is 5.99. The number of ether oxygens (including phenoxy) is 2. The van der Waals surface area contributed by atoms with E-state index >= 15 is 0 Å². The lowest BCUT2D eigenvalue weighted by Crippen LogP contribution is -2.44. The van der Waals surface area contributed by atoms with Crippen LogP contribution in [0.5, 0.6) is 11.5 Å². The van der Waals surface area contributed by atoms with Crippen LogP contribution in [-0.4, -0.2) is 52.9 Å². The fraction of sp³-hybridized carbons (Fsp3) is 0.258. The molecule has 0 saturated carbocycles. The highest BCUT2D eigenvalue weighted by Gasteiger charge is 2.25. The second-order valence-electron chi connectivity index (χ2n) is 9.41. The fourth-order valence-electron chi connectivity index (χ4n) is 4.36. The van der Waals surface area contributed by atoms with Crippen LogP contribution in [0.25, 0.3) is 16.8 Å². The molecule has 0 saturated heterocycles. The first-order valence-electron chi connectivity index (χ1n) is 13.2. The van der Waals surface area contributed by atoms with E-state index in [4.69, 9.17) is 14.6 Å². The van der Waals surface area contributed by atoms with E-state index in [0.717, 1.165) is 22.5 Å². The second-order valence-corrected chi connectivity index (χ2v) is 9.41. The van der Waals surface area contributed by atoms with Gasteiger partial charge in [0.2, 0.25) is 5.91 Å². The van der Waals surface area contributed by atoms with Crippen LogP contribution < -0.4 is 20.1 Å². The van der Waals surface area contributed by atoms with E-state index in [2.05, 4.69) is 10.6 Å². The van der Waals surface area contributed by atoms with E-state index < -0.39 is 6.03 Å². The van der Waals surface area contributed by atoms with Gasteiger partial charge >= 0.3 is 6.03 Å². The van der Waals surface area contributed by atoms with Gasteiger partial charge in [-0.25, -0.2) is 9.48 Å². The number of rotatable bonds is 10. The summed E-state index contributed by atoms with van der Waals surface area (Å²) in [5.74, 6) is 1.45. The molecule has 2 N–H and O–H groups in total. The zero-order valence-electron chi connectivity index (χ0n) is 23.5. The Morgan fingerprint density at radius 3 is 2.27 bits per heavy atom. The molecule has 0 radical (unpaired) electrons. The van der Waals surface area contributed by atoms with Crippen LogP contribution in [0.1, 0.15) is 26.5 Å². The van der Waals surface area contributed by atoms with Gasteiger partial charge in [0.15, 0.2) is 0 Å². The molecule has 0 aliphatic heterocycles. The summed E-state index contributed by atoms with van der Waals surface area (Å²) >= 11 is 0. The molecule has 4 rings (SSSR count). The van der Waals surface area contributed by atoms with Crippen LogP contribution in [0.15, 0.2) is 78.9 Å². The summed E-state index contributed by atoms with van der Waals surface area (Å²) in [4.78, 5) is 28.3. The molecule has 40 heavy (non-hydrogen) atoms. The molecule has 0 aliphatic rings. The maximum Gasteiger partial charge on any atom is 0.322 e. The Labute approximate surface area is 234 Å². The van der Waals surface area contributed by atoms with Crippen LogP contribution in [0.2, 0.25) is 0 Å². The van der Waals surface area contributed by atoms with Crippen molar-refractivity contribution in [3.63, 3.8) is 0 Å². The molecule has 208 valence electrons. The van der Waals surface area contributed by atoms with Gasteiger partial charge in [-0.15, -0.1) is 0 Å². The number of amides is 3. The highest BCUT2D eigenvalue weighted by atomic mass is 16.5. The van der Waals surface area contributed by atoms with E-state index in [0.29, 0.717) is 29.6 Å². The summed E-state index contributed by atoms with van der Waals surface area (Å²) in [5.41, 5.74) is 3.77. The number of para-hydroxylation sites is 2. The first-order chi connectivity index (χ1) is 19.3. The number of nitrogens with zero attached hydrogens (tertiary/aromatic N) is 3. The zero-order chi connectivity index (χ0) is 28.6. The summed E-state index contributed by atoms with van der Waals surface area (Å²) in [6, 6.07) is 23.8. The summed E-state index contributed by atoms with van der Waals surface area (Å²) in [7, 11) is 1.61. The number of benzene rings is 3. The van der Waals surface area contributed by atoms with Crippen molar-refractivity contribution in [3.8, 4) is 28.3 Å². The van der Waals surface area contributed by atoms with Crippen molar-refractivity contribution in [2.45, 2.75) is 33.7 Å². The van der Waals surface area contributed by atoms with Crippen LogP contribution in [-0.2, 0) is 4.79 Å². The van der Waals surface area contributed by atoms with Crippen LogP contribution in [0.4, 0.5) is 16.3 Å². The maximum absolute atomic E-state index is 13.5. The Kier molecular flexibility index (Phi) is 9.06. The van der Waals surface area contributed by atoms with Crippen molar-refractivity contribution in [2.75, 3.05) is 30.9 Å². The molecule has 9 heteroatoms. The Bertz CT molecular complexity index is 1450. The number of hydrogen-bond donors (Lipinski definition) is 2. The monoisotopic (exact) mass is 541 g/mol. The van der Waals surface area contributed by atoms with E-state index in [-0.39, 0.29) is 18.5 Å². The van der Waals surface area contributed by atoms with Crippen LogP contribution in [0, 0.1) is 6.92 Å². The highest BCUT2D eigenvalue weighted by Crippen LogP contribution is 2.34. The first-order valence-corrected chi connectivity index (χ1v) is 13.2. The maximum atomic E-state index is 13.5. The Hall–Kier alpha value is -4.79. The number of aryl methyl sites for hydroxylation is 1. The minimum absolute atomic E-state index is 0.165. The molecule has 0 fully saturated rings. The minimum atomic E-state index is -0.402. The summed E-state index contributed by atoms with van der Waals surface area (Å²) in [5, 5.41) is 10.7. The zero-order valence-corrected chi connectivity index (χ0v) is 23.5. The smallest absolute Gasteiger partial charge is 0.322 e. The molecule has 0 spiro atoms. The molecule has 0 bridgehead atoms. The summed E-state index contributed by atoms with van der Waals surface area (Å²) in [6.45, 7) is 7.81. The van der Waals surface area contributed by atoms with Crippen molar-refractivity contribution >= 4 is 23.4 Å². The van der Waals surface area contributed by atoms with Gasteiger partial charge in [-0.3, -0.25) is 4.79 Å². The lowest BCUT2D eigenvalue weighted by Gasteiger charge is -2.27. The Morgan fingerprint density at radius 1 is 0.950 bits per heavy atom. The van der Waals surface area contributed by atoms with Gasteiger partial charge in [-0.2, -0.15) is 5.10 Å². The predicted molar refractivity (Wildman–Crippen MR) is 157 cm³/mol. The predicted octanol–water partition coefficient (Wildman–Crippen LogP) is 6.14. The summed E-state index contributed by atoms with van der Waals surface area (Å²) in [6.07, 6.45) is 0. The standard InChI is InChI=1S/C31H35N5O4/c1-6-40-27-15-11-10-14-26(27)32-31(38)35(21(2)3)20-28(37)33-30-29(23-12-8-7-9-13-23)22(4)34-36(30)24-16-18-25(39-5)19-17-24/h7-19,21H,6,20H2,1-5H3,(H,32,38)(H,33,37). The number of hydrogen-bond acceptors (Lipinski definition) is 5. The Morgan fingerprint density at radius 2 is 1.62 bits per heavy atom. The van der Waals surface area contributed by atoms with Crippen molar-refractivity contribution < 1.29 is 19.1 Å². The molecule has 3 amide bonds.